The number of carbonyl (C=O) groups excluding carboxylic acids is 1. The van der Waals surface area contributed by atoms with Crippen LogP contribution in [-0.2, 0) is 0 Å². The smallest absolute Gasteiger partial charge is 0.293 e. The number of nitro groups is 1. The van der Waals surface area contributed by atoms with E-state index in [0.717, 1.165) is 0 Å². The van der Waals surface area contributed by atoms with Crippen molar-refractivity contribution in [3.63, 3.8) is 0 Å². The van der Waals surface area contributed by atoms with Crippen molar-refractivity contribution in [1.29, 1.82) is 0 Å². The van der Waals surface area contributed by atoms with Gasteiger partial charge in [0.25, 0.3) is 5.69 Å². The fourth-order valence-electron chi connectivity index (χ4n) is 2.04. The summed E-state index contributed by atoms with van der Waals surface area (Å²) in [7, 11) is 0. The van der Waals surface area contributed by atoms with Crippen LogP contribution in [0.4, 0.5) is 5.69 Å². The number of carbonyl (C=O) groups is 1. The molecular weight excluding hydrogens is 244 g/mol. The monoisotopic (exact) mass is 260 g/mol. The van der Waals surface area contributed by atoms with Crippen molar-refractivity contribution in [2.24, 2.45) is 11.8 Å². The zero-order chi connectivity index (χ0) is 14.2. The van der Waals surface area contributed by atoms with Crippen LogP contribution in [-0.4, -0.2) is 15.7 Å². The predicted octanol–water partition coefficient (Wildman–Crippen LogP) is 3.55. The summed E-state index contributed by atoms with van der Waals surface area (Å²) in [6.07, 6.45) is 1.57. The molecule has 19 heavy (non-hydrogen) atoms. The quantitative estimate of drug-likeness (QED) is 0.519. The number of rotatable bonds is 4. The molecule has 2 aromatic rings. The zero-order valence-corrected chi connectivity index (χ0v) is 11.1. The van der Waals surface area contributed by atoms with Gasteiger partial charge in [-0.15, -0.1) is 0 Å². The highest BCUT2D eigenvalue weighted by Gasteiger charge is 2.23. The van der Waals surface area contributed by atoms with Crippen molar-refractivity contribution in [2.45, 2.75) is 20.8 Å². The van der Waals surface area contributed by atoms with Gasteiger partial charge in [-0.05, 0) is 5.92 Å². The van der Waals surface area contributed by atoms with Gasteiger partial charge >= 0.3 is 0 Å². The third-order valence-corrected chi connectivity index (χ3v) is 3.57. The van der Waals surface area contributed by atoms with E-state index in [2.05, 4.69) is 4.98 Å². The Labute approximate surface area is 110 Å². The molecule has 1 aromatic heterocycles. The molecule has 0 saturated carbocycles. The van der Waals surface area contributed by atoms with Crippen LogP contribution in [0.3, 0.4) is 0 Å². The van der Waals surface area contributed by atoms with Crippen LogP contribution in [0.15, 0.2) is 24.4 Å². The Morgan fingerprint density at radius 3 is 2.58 bits per heavy atom. The number of Topliss-reactive ketones (excluding diaryl/α,β-unsaturated/α-hetero) is 1. The summed E-state index contributed by atoms with van der Waals surface area (Å²) in [6, 6.07) is 4.77. The summed E-state index contributed by atoms with van der Waals surface area (Å²) in [5.74, 6) is 0.135. The highest BCUT2D eigenvalue weighted by molar-refractivity contribution is 6.10. The first-order valence-electron chi connectivity index (χ1n) is 6.22. The van der Waals surface area contributed by atoms with Crippen molar-refractivity contribution in [2.75, 3.05) is 0 Å². The molecule has 5 nitrogen and oxygen atoms in total. The molecule has 1 aromatic carbocycles. The minimum atomic E-state index is -0.445. The standard InChI is InChI=1S/C14H16N2O3/c1-8(2)9(3)14(17)11-7-15-13-10(11)5-4-6-12(13)16(18)19/h4-9,15H,1-3H3. The van der Waals surface area contributed by atoms with Gasteiger partial charge in [-0.1, -0.05) is 32.9 Å². The molecule has 5 heteroatoms. The first-order valence-corrected chi connectivity index (χ1v) is 6.22. The van der Waals surface area contributed by atoms with Crippen LogP contribution in [0, 0.1) is 22.0 Å². The number of aromatic nitrogens is 1. The second-order valence-corrected chi connectivity index (χ2v) is 5.06. The lowest BCUT2D eigenvalue weighted by Crippen LogP contribution is -2.16. The second kappa shape index (κ2) is 4.84. The molecule has 2 rings (SSSR count). The SMILES string of the molecule is CC(C)C(C)C(=O)c1c[nH]c2c([N+](=O)[O-])cccc12. The summed E-state index contributed by atoms with van der Waals surface area (Å²) < 4.78 is 0. The number of aromatic amines is 1. The molecule has 0 radical (unpaired) electrons. The Morgan fingerprint density at radius 2 is 2.00 bits per heavy atom. The van der Waals surface area contributed by atoms with E-state index in [-0.39, 0.29) is 23.3 Å². The Bertz CT molecular complexity index is 643. The fourth-order valence-corrected chi connectivity index (χ4v) is 2.04. The average molecular weight is 260 g/mol. The lowest BCUT2D eigenvalue weighted by atomic mass is 9.89. The lowest BCUT2D eigenvalue weighted by Gasteiger charge is -2.13. The van der Waals surface area contributed by atoms with E-state index >= 15 is 0 Å². The van der Waals surface area contributed by atoms with E-state index in [9.17, 15) is 14.9 Å². The zero-order valence-electron chi connectivity index (χ0n) is 11.1. The van der Waals surface area contributed by atoms with E-state index in [4.69, 9.17) is 0 Å². The maximum Gasteiger partial charge on any atom is 0.293 e. The van der Waals surface area contributed by atoms with Gasteiger partial charge in [0.1, 0.15) is 5.52 Å². The maximum atomic E-state index is 12.4. The molecule has 0 fully saturated rings. The number of nitrogens with one attached hydrogen (secondary N) is 1. The number of non-ortho nitro benzene ring substituents is 1. The van der Waals surface area contributed by atoms with Crippen LogP contribution in [0.1, 0.15) is 31.1 Å². The summed E-state index contributed by atoms with van der Waals surface area (Å²) in [6.45, 7) is 5.85. The first-order chi connectivity index (χ1) is 8.93. The Morgan fingerprint density at radius 1 is 1.32 bits per heavy atom. The summed E-state index contributed by atoms with van der Waals surface area (Å²) in [5, 5.41) is 11.6. The summed E-state index contributed by atoms with van der Waals surface area (Å²) in [4.78, 5) is 25.7. The minimum absolute atomic E-state index is 0.00579. The van der Waals surface area contributed by atoms with Crippen molar-refractivity contribution in [3.05, 3.63) is 40.1 Å². The lowest BCUT2D eigenvalue weighted by molar-refractivity contribution is -0.383. The van der Waals surface area contributed by atoms with Crippen molar-refractivity contribution < 1.29 is 9.72 Å². The molecule has 0 aliphatic rings. The molecule has 1 atom stereocenters. The van der Waals surface area contributed by atoms with E-state index in [0.29, 0.717) is 16.5 Å². The summed E-state index contributed by atoms with van der Waals surface area (Å²) in [5.41, 5.74) is 0.931. The van der Waals surface area contributed by atoms with Gasteiger partial charge < -0.3 is 4.98 Å². The van der Waals surface area contributed by atoms with Crippen molar-refractivity contribution >= 4 is 22.4 Å². The van der Waals surface area contributed by atoms with Crippen LogP contribution in [0.5, 0.6) is 0 Å². The first kappa shape index (κ1) is 13.3. The molecule has 1 unspecified atom stereocenters. The number of nitro benzene ring substituents is 1. The Balaban J connectivity index is 2.56. The molecule has 1 N–H and O–H groups in total. The summed E-state index contributed by atoms with van der Waals surface area (Å²) >= 11 is 0. The molecule has 0 spiro atoms. The van der Waals surface area contributed by atoms with E-state index in [1.54, 1.807) is 18.3 Å². The molecular formula is C14H16N2O3. The third-order valence-electron chi connectivity index (χ3n) is 3.57. The molecule has 100 valence electrons. The molecule has 0 aliphatic heterocycles. The Kier molecular flexibility index (Phi) is 3.38. The average Bonchev–Trinajstić information content (AvgIpc) is 2.80. The molecule has 0 bridgehead atoms. The third kappa shape index (κ3) is 2.23. The van der Waals surface area contributed by atoms with Crippen molar-refractivity contribution in [3.8, 4) is 0 Å². The van der Waals surface area contributed by atoms with E-state index in [1.807, 2.05) is 20.8 Å². The number of H-pyrrole nitrogens is 1. The number of para-hydroxylation sites is 1. The van der Waals surface area contributed by atoms with Gasteiger partial charge in [0, 0.05) is 29.1 Å². The topological polar surface area (TPSA) is 76.0 Å². The number of nitrogens with zero attached hydrogens (tertiary/aromatic N) is 1. The van der Waals surface area contributed by atoms with Gasteiger partial charge in [0.2, 0.25) is 0 Å². The largest absolute Gasteiger partial charge is 0.355 e. The molecule has 0 amide bonds. The number of ketones is 1. The second-order valence-electron chi connectivity index (χ2n) is 5.06. The molecule has 0 aliphatic carbocycles. The number of hydrogen-bond acceptors (Lipinski definition) is 3. The number of fused-ring (bicyclic) bond motifs is 1. The van der Waals surface area contributed by atoms with Gasteiger partial charge in [-0.2, -0.15) is 0 Å². The fraction of sp³-hybridized carbons (Fsp3) is 0.357. The van der Waals surface area contributed by atoms with Crippen LogP contribution >= 0.6 is 0 Å². The normalized spacial score (nSPS) is 12.8. The molecule has 0 saturated heterocycles. The van der Waals surface area contributed by atoms with Crippen molar-refractivity contribution in [1.82, 2.24) is 4.98 Å². The highest BCUT2D eigenvalue weighted by atomic mass is 16.6. The van der Waals surface area contributed by atoms with E-state index in [1.165, 1.54) is 6.07 Å². The van der Waals surface area contributed by atoms with Crippen LogP contribution < -0.4 is 0 Å². The van der Waals surface area contributed by atoms with Crippen LogP contribution in [0.25, 0.3) is 10.9 Å². The van der Waals surface area contributed by atoms with Gasteiger partial charge in [-0.25, -0.2) is 0 Å². The van der Waals surface area contributed by atoms with Gasteiger partial charge in [0.05, 0.1) is 4.92 Å². The predicted molar refractivity (Wildman–Crippen MR) is 73.3 cm³/mol. The van der Waals surface area contributed by atoms with E-state index < -0.39 is 4.92 Å². The maximum absolute atomic E-state index is 12.4. The van der Waals surface area contributed by atoms with Gasteiger partial charge in [0.15, 0.2) is 5.78 Å². The number of hydrogen-bond donors (Lipinski definition) is 1. The molecule has 1 heterocycles. The van der Waals surface area contributed by atoms with Gasteiger partial charge in [-0.3, -0.25) is 14.9 Å². The highest BCUT2D eigenvalue weighted by Crippen LogP contribution is 2.29. The minimum Gasteiger partial charge on any atom is -0.355 e. The van der Waals surface area contributed by atoms with Crippen LogP contribution in [0.2, 0.25) is 0 Å². The Hall–Kier alpha value is -2.17. The number of benzene rings is 1.